The van der Waals surface area contributed by atoms with Gasteiger partial charge in [-0.25, -0.2) is 8.78 Å². The Morgan fingerprint density at radius 2 is 2.05 bits per heavy atom. The molecule has 0 spiro atoms. The molecule has 2 rings (SSSR count). The lowest BCUT2D eigenvalue weighted by Gasteiger charge is -2.30. The van der Waals surface area contributed by atoms with E-state index in [0.717, 1.165) is 25.0 Å². The van der Waals surface area contributed by atoms with Crippen molar-refractivity contribution in [3.63, 3.8) is 0 Å². The third-order valence-electron chi connectivity index (χ3n) is 3.75. The van der Waals surface area contributed by atoms with Gasteiger partial charge in [0.25, 0.3) is 10.2 Å². The van der Waals surface area contributed by atoms with Crippen LogP contribution in [0, 0.1) is 17.6 Å². The Balaban J connectivity index is 2.02. The predicted molar refractivity (Wildman–Crippen MR) is 78.2 cm³/mol. The molecule has 124 valence electrons. The Kier molecular flexibility index (Phi) is 5.49. The molecule has 8 heteroatoms. The lowest BCUT2D eigenvalue weighted by atomic mass is 10.0. The van der Waals surface area contributed by atoms with Crippen LogP contribution in [0.3, 0.4) is 0 Å². The molecule has 0 aromatic heterocycles. The third kappa shape index (κ3) is 4.01. The van der Waals surface area contributed by atoms with Crippen molar-refractivity contribution in [3.05, 3.63) is 35.4 Å². The van der Waals surface area contributed by atoms with Crippen molar-refractivity contribution in [2.45, 2.75) is 25.9 Å². The van der Waals surface area contributed by atoms with Gasteiger partial charge in [0.1, 0.15) is 11.6 Å². The van der Waals surface area contributed by atoms with Gasteiger partial charge >= 0.3 is 0 Å². The molecule has 1 aromatic carbocycles. The van der Waals surface area contributed by atoms with E-state index >= 15 is 0 Å². The minimum atomic E-state index is -3.77. The van der Waals surface area contributed by atoms with E-state index < -0.39 is 40.1 Å². The van der Waals surface area contributed by atoms with Gasteiger partial charge in [0, 0.05) is 19.6 Å². The average molecular weight is 334 g/mol. The monoisotopic (exact) mass is 334 g/mol. The van der Waals surface area contributed by atoms with Crippen LogP contribution in [0.4, 0.5) is 8.78 Å². The summed E-state index contributed by atoms with van der Waals surface area (Å²) in [5, 5.41) is 9.87. The van der Waals surface area contributed by atoms with E-state index in [1.165, 1.54) is 10.4 Å². The van der Waals surface area contributed by atoms with Crippen molar-refractivity contribution in [3.8, 4) is 0 Å². The van der Waals surface area contributed by atoms with Gasteiger partial charge in [0.15, 0.2) is 0 Å². The largest absolute Gasteiger partial charge is 0.387 e. The number of piperidine rings is 1. The van der Waals surface area contributed by atoms with Crippen LogP contribution in [0.1, 0.15) is 31.4 Å². The first-order valence-electron chi connectivity index (χ1n) is 7.18. The molecule has 1 aliphatic rings. The second kappa shape index (κ2) is 6.99. The first kappa shape index (κ1) is 17.3. The number of nitrogens with one attached hydrogen (secondary N) is 1. The molecule has 1 fully saturated rings. The van der Waals surface area contributed by atoms with E-state index in [9.17, 15) is 22.3 Å². The molecule has 0 amide bonds. The molecule has 0 bridgehead atoms. The molecule has 0 saturated carbocycles. The van der Waals surface area contributed by atoms with Crippen LogP contribution < -0.4 is 4.72 Å². The first-order valence-corrected chi connectivity index (χ1v) is 8.62. The van der Waals surface area contributed by atoms with Crippen LogP contribution in [0.15, 0.2) is 18.2 Å². The van der Waals surface area contributed by atoms with Gasteiger partial charge < -0.3 is 5.11 Å². The van der Waals surface area contributed by atoms with Gasteiger partial charge in [-0.15, -0.1) is 0 Å². The lowest BCUT2D eigenvalue weighted by Crippen LogP contribution is -2.46. The molecular formula is C14H20F2N2O3S. The molecule has 1 heterocycles. The summed E-state index contributed by atoms with van der Waals surface area (Å²) in [4.78, 5) is 0. The van der Waals surface area contributed by atoms with Crippen LogP contribution in [0.5, 0.6) is 0 Å². The molecule has 22 heavy (non-hydrogen) atoms. The molecule has 0 unspecified atom stereocenters. The Hall–Kier alpha value is -1.09. The number of aliphatic hydroxyl groups excluding tert-OH is 1. The zero-order valence-corrected chi connectivity index (χ0v) is 13.1. The van der Waals surface area contributed by atoms with Crippen molar-refractivity contribution < 1.29 is 22.3 Å². The SMILES string of the molecule is C[C@H]1CCCN(S(=O)(=O)NC[C@@H](O)c2c(F)cccc2F)C1. The minimum Gasteiger partial charge on any atom is -0.387 e. The van der Waals surface area contributed by atoms with Gasteiger partial charge in [-0.1, -0.05) is 13.0 Å². The maximum atomic E-state index is 13.5. The van der Waals surface area contributed by atoms with E-state index in [1.807, 2.05) is 6.92 Å². The van der Waals surface area contributed by atoms with E-state index in [2.05, 4.69) is 4.72 Å². The molecule has 1 aliphatic heterocycles. The Morgan fingerprint density at radius 3 is 2.64 bits per heavy atom. The summed E-state index contributed by atoms with van der Waals surface area (Å²) in [7, 11) is -3.77. The van der Waals surface area contributed by atoms with Crippen LogP contribution in [0.2, 0.25) is 0 Å². The molecule has 2 N–H and O–H groups in total. The topological polar surface area (TPSA) is 69.6 Å². The highest BCUT2D eigenvalue weighted by molar-refractivity contribution is 7.87. The average Bonchev–Trinajstić information content (AvgIpc) is 2.45. The fourth-order valence-corrected chi connectivity index (χ4v) is 3.94. The van der Waals surface area contributed by atoms with E-state index in [1.54, 1.807) is 0 Å². The fourth-order valence-electron chi connectivity index (χ4n) is 2.57. The predicted octanol–water partition coefficient (Wildman–Crippen LogP) is 1.56. The summed E-state index contributed by atoms with van der Waals surface area (Å²) in [5.74, 6) is -1.55. The molecule has 1 saturated heterocycles. The normalized spacial score (nSPS) is 21.7. The van der Waals surface area contributed by atoms with E-state index in [4.69, 9.17) is 0 Å². The van der Waals surface area contributed by atoms with Crippen LogP contribution in [-0.4, -0.2) is 37.5 Å². The number of aliphatic hydroxyl groups is 1. The fraction of sp³-hybridized carbons (Fsp3) is 0.571. The summed E-state index contributed by atoms with van der Waals surface area (Å²) in [5.41, 5.74) is -0.530. The highest BCUT2D eigenvalue weighted by atomic mass is 32.2. The van der Waals surface area contributed by atoms with Crippen LogP contribution in [0.25, 0.3) is 0 Å². The van der Waals surface area contributed by atoms with E-state index in [-0.39, 0.29) is 5.92 Å². The molecule has 5 nitrogen and oxygen atoms in total. The molecular weight excluding hydrogens is 314 g/mol. The Morgan fingerprint density at radius 1 is 1.41 bits per heavy atom. The van der Waals surface area contributed by atoms with Crippen LogP contribution in [-0.2, 0) is 10.2 Å². The number of rotatable bonds is 5. The highest BCUT2D eigenvalue weighted by Crippen LogP contribution is 2.21. The van der Waals surface area contributed by atoms with Crippen molar-refractivity contribution in [2.24, 2.45) is 5.92 Å². The number of hydrogen-bond acceptors (Lipinski definition) is 3. The number of halogens is 2. The number of benzene rings is 1. The summed E-state index contributed by atoms with van der Waals surface area (Å²) in [6, 6.07) is 3.21. The molecule has 2 atom stereocenters. The molecule has 0 aliphatic carbocycles. The number of hydrogen-bond donors (Lipinski definition) is 2. The quantitative estimate of drug-likeness (QED) is 0.859. The van der Waals surface area contributed by atoms with Gasteiger partial charge in [-0.2, -0.15) is 17.4 Å². The number of nitrogens with zero attached hydrogens (tertiary/aromatic N) is 1. The second-order valence-corrected chi connectivity index (χ2v) is 7.37. The summed E-state index contributed by atoms with van der Waals surface area (Å²) >= 11 is 0. The first-order chi connectivity index (χ1) is 10.3. The van der Waals surface area contributed by atoms with Gasteiger partial charge in [0.2, 0.25) is 0 Å². The molecule has 0 radical (unpaired) electrons. The van der Waals surface area contributed by atoms with Gasteiger partial charge in [-0.05, 0) is 30.9 Å². The van der Waals surface area contributed by atoms with Gasteiger partial charge in [-0.3, -0.25) is 0 Å². The summed E-state index contributed by atoms with van der Waals surface area (Å²) in [6.07, 6.45) is 0.153. The van der Waals surface area contributed by atoms with Crippen molar-refractivity contribution in [2.75, 3.05) is 19.6 Å². The maximum absolute atomic E-state index is 13.5. The minimum absolute atomic E-state index is 0.263. The van der Waals surface area contributed by atoms with E-state index in [0.29, 0.717) is 13.1 Å². The zero-order valence-electron chi connectivity index (χ0n) is 12.3. The smallest absolute Gasteiger partial charge is 0.279 e. The summed E-state index contributed by atoms with van der Waals surface area (Å²) < 4.78 is 54.9. The zero-order chi connectivity index (χ0) is 16.3. The van der Waals surface area contributed by atoms with Crippen LogP contribution >= 0.6 is 0 Å². The maximum Gasteiger partial charge on any atom is 0.279 e. The lowest BCUT2D eigenvalue weighted by molar-refractivity contribution is 0.170. The third-order valence-corrected chi connectivity index (χ3v) is 5.29. The van der Waals surface area contributed by atoms with Gasteiger partial charge in [0.05, 0.1) is 11.7 Å². The highest BCUT2D eigenvalue weighted by Gasteiger charge is 2.28. The molecule has 1 aromatic rings. The Labute approximate surface area is 129 Å². The van der Waals surface area contributed by atoms with Crippen molar-refractivity contribution in [1.29, 1.82) is 0 Å². The van der Waals surface area contributed by atoms with Crippen molar-refractivity contribution >= 4 is 10.2 Å². The summed E-state index contributed by atoms with van der Waals surface area (Å²) in [6.45, 7) is 2.29. The standard InChI is InChI=1S/C14H20F2N2O3S/c1-10-4-3-7-18(9-10)22(20,21)17-8-13(19)14-11(15)5-2-6-12(14)16/h2,5-6,10,13,17,19H,3-4,7-9H2,1H3/t10-,13+/m0/s1. The van der Waals surface area contributed by atoms with Crippen molar-refractivity contribution in [1.82, 2.24) is 9.03 Å². The second-order valence-electron chi connectivity index (χ2n) is 5.61. The Bertz CT molecular complexity index is 604.